The van der Waals surface area contributed by atoms with Crippen LogP contribution in [0, 0.1) is 5.82 Å². The molecule has 0 atom stereocenters. The lowest BCUT2D eigenvalue weighted by Crippen LogP contribution is -2.13. The first-order chi connectivity index (χ1) is 10.9. The zero-order valence-electron chi connectivity index (χ0n) is 11.6. The van der Waals surface area contributed by atoms with Crippen LogP contribution in [-0.2, 0) is 6.42 Å². The maximum absolute atomic E-state index is 13.1. The molecule has 0 saturated heterocycles. The van der Waals surface area contributed by atoms with Gasteiger partial charge in [-0.05, 0) is 35.9 Å². The summed E-state index contributed by atoms with van der Waals surface area (Å²) in [7, 11) is 0. The molecule has 0 amide bonds. The average molecular weight is 333 g/mol. The molecule has 0 aliphatic heterocycles. The second-order valence-electron chi connectivity index (χ2n) is 4.96. The van der Waals surface area contributed by atoms with Gasteiger partial charge in [-0.1, -0.05) is 17.7 Å². The largest absolute Gasteiger partial charge is 0.478 e. The van der Waals surface area contributed by atoms with Gasteiger partial charge in [0.25, 0.3) is 5.56 Å². The molecule has 0 fully saturated rings. The quantitative estimate of drug-likeness (QED) is 0.772. The molecule has 23 heavy (non-hydrogen) atoms. The third-order valence-electron chi connectivity index (χ3n) is 3.38. The number of nitrogens with zero attached hydrogens (tertiary/aromatic N) is 1. The Morgan fingerprint density at radius 3 is 2.74 bits per heavy atom. The monoisotopic (exact) mass is 332 g/mol. The highest BCUT2D eigenvalue weighted by atomic mass is 35.5. The van der Waals surface area contributed by atoms with Crippen LogP contribution in [0.1, 0.15) is 21.7 Å². The number of carboxylic acids is 1. The number of rotatable bonds is 3. The second-order valence-corrected chi connectivity index (χ2v) is 5.37. The lowest BCUT2D eigenvalue weighted by atomic mass is 10.1. The van der Waals surface area contributed by atoms with Crippen molar-refractivity contribution in [2.24, 2.45) is 0 Å². The van der Waals surface area contributed by atoms with Gasteiger partial charge in [0, 0.05) is 11.4 Å². The van der Waals surface area contributed by atoms with Gasteiger partial charge in [-0.25, -0.2) is 14.2 Å². The van der Waals surface area contributed by atoms with Gasteiger partial charge in [0.2, 0.25) is 0 Å². The number of carboxylic acid groups (broad SMARTS) is 1. The summed E-state index contributed by atoms with van der Waals surface area (Å²) in [5, 5.41) is 9.54. The standard InChI is InChI=1S/C16H10ClFN2O3/c17-12-7-10(18)3-1-8(12)6-14-19-13-5-9(16(22)23)2-4-11(13)15(21)20-14/h1-5,7H,6H2,(H,22,23)(H,19,20,21). The number of H-pyrrole nitrogens is 1. The summed E-state index contributed by atoms with van der Waals surface area (Å²) >= 11 is 5.97. The average Bonchev–Trinajstić information content (AvgIpc) is 2.49. The molecule has 3 rings (SSSR count). The molecule has 5 nitrogen and oxygen atoms in total. The summed E-state index contributed by atoms with van der Waals surface area (Å²) in [6.45, 7) is 0. The van der Waals surface area contributed by atoms with Crippen LogP contribution in [0.5, 0.6) is 0 Å². The second kappa shape index (κ2) is 5.81. The molecule has 116 valence electrons. The van der Waals surface area contributed by atoms with Crippen LogP contribution >= 0.6 is 11.6 Å². The zero-order chi connectivity index (χ0) is 16.6. The lowest BCUT2D eigenvalue weighted by molar-refractivity contribution is 0.0697. The Morgan fingerprint density at radius 2 is 2.04 bits per heavy atom. The van der Waals surface area contributed by atoms with Gasteiger partial charge in [-0.2, -0.15) is 0 Å². The number of fused-ring (bicyclic) bond motifs is 1. The van der Waals surface area contributed by atoms with Gasteiger partial charge >= 0.3 is 5.97 Å². The smallest absolute Gasteiger partial charge is 0.335 e. The van der Waals surface area contributed by atoms with E-state index >= 15 is 0 Å². The molecule has 2 N–H and O–H groups in total. The van der Waals surface area contributed by atoms with Crippen molar-refractivity contribution >= 4 is 28.5 Å². The molecule has 7 heteroatoms. The highest BCUT2D eigenvalue weighted by Gasteiger charge is 2.10. The van der Waals surface area contributed by atoms with E-state index in [4.69, 9.17) is 16.7 Å². The van der Waals surface area contributed by atoms with Crippen LogP contribution in [0.4, 0.5) is 4.39 Å². The topological polar surface area (TPSA) is 83.0 Å². The van der Waals surface area contributed by atoms with Crippen LogP contribution < -0.4 is 5.56 Å². The zero-order valence-corrected chi connectivity index (χ0v) is 12.4. The molecule has 0 bridgehead atoms. The van der Waals surface area contributed by atoms with Gasteiger partial charge < -0.3 is 10.1 Å². The predicted octanol–water partition coefficient (Wildman–Crippen LogP) is 3.00. The van der Waals surface area contributed by atoms with Crippen LogP contribution in [0.3, 0.4) is 0 Å². The molecule has 2 aromatic carbocycles. The van der Waals surface area contributed by atoms with E-state index in [-0.39, 0.29) is 28.1 Å². The molecule has 0 aliphatic rings. The molecular weight excluding hydrogens is 323 g/mol. The molecule has 0 saturated carbocycles. The Balaban J connectivity index is 2.07. The summed E-state index contributed by atoms with van der Waals surface area (Å²) in [5.74, 6) is -1.24. The van der Waals surface area contributed by atoms with E-state index < -0.39 is 11.8 Å². The van der Waals surface area contributed by atoms with Gasteiger partial charge in [0.05, 0.1) is 16.5 Å². The number of hydrogen-bond acceptors (Lipinski definition) is 3. The van der Waals surface area contributed by atoms with Gasteiger partial charge in [-0.15, -0.1) is 0 Å². The number of benzene rings is 2. The summed E-state index contributed by atoms with van der Waals surface area (Å²) in [4.78, 5) is 30.0. The Bertz CT molecular complexity index is 985. The normalized spacial score (nSPS) is 10.9. The van der Waals surface area contributed by atoms with E-state index in [9.17, 15) is 14.0 Å². The predicted molar refractivity (Wildman–Crippen MR) is 83.5 cm³/mol. The summed E-state index contributed by atoms with van der Waals surface area (Å²) in [6.07, 6.45) is 0.196. The molecule has 1 heterocycles. The fourth-order valence-corrected chi connectivity index (χ4v) is 2.48. The van der Waals surface area contributed by atoms with Crippen molar-refractivity contribution in [3.63, 3.8) is 0 Å². The van der Waals surface area contributed by atoms with E-state index in [1.165, 1.54) is 36.4 Å². The number of aromatic carboxylic acids is 1. The third kappa shape index (κ3) is 3.07. The van der Waals surface area contributed by atoms with Crippen molar-refractivity contribution < 1.29 is 14.3 Å². The van der Waals surface area contributed by atoms with Crippen LogP contribution in [0.25, 0.3) is 10.9 Å². The SMILES string of the molecule is O=C(O)c1ccc2c(=O)[nH]c(Cc3ccc(F)cc3Cl)nc2c1. The van der Waals surface area contributed by atoms with Crippen molar-refractivity contribution in [3.05, 3.63) is 74.5 Å². The Labute approximate surface area is 134 Å². The fraction of sp³-hybridized carbons (Fsp3) is 0.0625. The molecule has 0 aliphatic carbocycles. The molecular formula is C16H10ClFN2O3. The van der Waals surface area contributed by atoms with Gasteiger partial charge in [0.15, 0.2) is 0 Å². The Morgan fingerprint density at radius 1 is 1.26 bits per heavy atom. The number of nitrogens with one attached hydrogen (secondary N) is 1. The first-order valence-corrected chi connectivity index (χ1v) is 7.02. The Hall–Kier alpha value is -2.73. The summed E-state index contributed by atoms with van der Waals surface area (Å²) < 4.78 is 13.1. The van der Waals surface area contributed by atoms with E-state index in [1.807, 2.05) is 0 Å². The Kier molecular flexibility index (Phi) is 3.83. The lowest BCUT2D eigenvalue weighted by Gasteiger charge is -2.06. The van der Waals surface area contributed by atoms with Crippen molar-refractivity contribution in [2.75, 3.05) is 0 Å². The number of halogens is 2. The molecule has 0 spiro atoms. The summed E-state index contributed by atoms with van der Waals surface area (Å²) in [6, 6.07) is 8.05. The van der Waals surface area contributed by atoms with Gasteiger partial charge in [0.1, 0.15) is 11.6 Å². The van der Waals surface area contributed by atoms with Crippen molar-refractivity contribution in [3.8, 4) is 0 Å². The minimum atomic E-state index is -1.10. The van der Waals surface area contributed by atoms with Gasteiger partial charge in [-0.3, -0.25) is 4.79 Å². The molecule has 1 aromatic heterocycles. The summed E-state index contributed by atoms with van der Waals surface area (Å²) in [5.41, 5.74) is 0.549. The van der Waals surface area contributed by atoms with Crippen LogP contribution in [-0.4, -0.2) is 21.0 Å². The maximum Gasteiger partial charge on any atom is 0.335 e. The minimum absolute atomic E-state index is 0.0429. The number of aromatic amines is 1. The fourth-order valence-electron chi connectivity index (χ4n) is 2.25. The molecule has 0 radical (unpaired) electrons. The third-order valence-corrected chi connectivity index (χ3v) is 3.73. The highest BCUT2D eigenvalue weighted by Crippen LogP contribution is 2.20. The van der Waals surface area contributed by atoms with E-state index in [0.717, 1.165) is 0 Å². The van der Waals surface area contributed by atoms with Crippen LogP contribution in [0.2, 0.25) is 5.02 Å². The van der Waals surface area contributed by atoms with E-state index in [2.05, 4.69) is 9.97 Å². The van der Waals surface area contributed by atoms with E-state index in [1.54, 1.807) is 0 Å². The van der Waals surface area contributed by atoms with Crippen molar-refractivity contribution in [1.82, 2.24) is 9.97 Å². The van der Waals surface area contributed by atoms with Crippen LogP contribution in [0.15, 0.2) is 41.2 Å². The molecule has 3 aromatic rings. The highest BCUT2D eigenvalue weighted by molar-refractivity contribution is 6.31. The number of hydrogen-bond donors (Lipinski definition) is 2. The first kappa shape index (κ1) is 15.2. The van der Waals surface area contributed by atoms with E-state index in [0.29, 0.717) is 16.8 Å². The minimum Gasteiger partial charge on any atom is -0.478 e. The molecule has 0 unspecified atom stereocenters. The van der Waals surface area contributed by atoms with Crippen molar-refractivity contribution in [2.45, 2.75) is 6.42 Å². The number of carbonyl (C=O) groups is 1. The first-order valence-electron chi connectivity index (χ1n) is 6.64. The maximum atomic E-state index is 13.1. The van der Waals surface area contributed by atoms with Crippen molar-refractivity contribution in [1.29, 1.82) is 0 Å². The number of aromatic nitrogens is 2.